The van der Waals surface area contributed by atoms with Gasteiger partial charge in [-0.25, -0.2) is 4.39 Å². The number of hydrogen-bond donors (Lipinski definition) is 0. The van der Waals surface area contributed by atoms with E-state index in [9.17, 15) is 4.39 Å². The largest absolute Gasteiger partial charge is 0.206 e. The number of hydrogen-bond acceptors (Lipinski definition) is 0. The standard InChI is InChI=1S/C27H22ClF/c1-2-3-4-5-24-13-17-25(27(29)20-24)16-12-22-9-6-21(7-10-22)8-11-23-14-18-26(28)19-15-23/h6-7,9-10,13-15,17-20H,2-5H2,1H3. The van der Waals surface area contributed by atoms with Crippen molar-refractivity contribution < 1.29 is 4.39 Å². The number of aryl methyl sites for hydroxylation is 1. The van der Waals surface area contributed by atoms with Gasteiger partial charge in [-0.3, -0.25) is 0 Å². The molecule has 0 amide bonds. The highest BCUT2D eigenvalue weighted by atomic mass is 35.5. The fraction of sp³-hybridized carbons (Fsp3) is 0.185. The highest BCUT2D eigenvalue weighted by Gasteiger charge is 2.01. The zero-order chi connectivity index (χ0) is 20.5. The summed E-state index contributed by atoms with van der Waals surface area (Å²) in [7, 11) is 0. The third kappa shape index (κ3) is 6.53. The highest BCUT2D eigenvalue weighted by molar-refractivity contribution is 6.30. The van der Waals surface area contributed by atoms with Crippen LogP contribution in [0.25, 0.3) is 0 Å². The van der Waals surface area contributed by atoms with Gasteiger partial charge in [-0.2, -0.15) is 0 Å². The lowest BCUT2D eigenvalue weighted by atomic mass is 10.0. The maximum absolute atomic E-state index is 14.3. The van der Waals surface area contributed by atoms with E-state index in [-0.39, 0.29) is 5.82 Å². The Morgan fingerprint density at radius 2 is 1.28 bits per heavy atom. The van der Waals surface area contributed by atoms with Gasteiger partial charge >= 0.3 is 0 Å². The molecular formula is C27H22ClF. The molecule has 144 valence electrons. The van der Waals surface area contributed by atoms with E-state index < -0.39 is 0 Å². The molecule has 0 aromatic heterocycles. The molecule has 0 N–H and O–H groups in total. The molecule has 0 nitrogen and oxygen atoms in total. The first-order chi connectivity index (χ1) is 14.1. The van der Waals surface area contributed by atoms with E-state index >= 15 is 0 Å². The lowest BCUT2D eigenvalue weighted by Crippen LogP contribution is -1.90. The van der Waals surface area contributed by atoms with E-state index in [2.05, 4.69) is 30.6 Å². The molecule has 3 aromatic rings. The van der Waals surface area contributed by atoms with Gasteiger partial charge in [-0.15, -0.1) is 0 Å². The Bertz CT molecular complexity index is 1070. The van der Waals surface area contributed by atoms with Gasteiger partial charge in [0.25, 0.3) is 0 Å². The van der Waals surface area contributed by atoms with Crippen LogP contribution in [-0.2, 0) is 6.42 Å². The molecule has 0 radical (unpaired) electrons. The molecule has 0 heterocycles. The van der Waals surface area contributed by atoms with E-state index in [1.807, 2.05) is 54.6 Å². The maximum atomic E-state index is 14.3. The second kappa shape index (κ2) is 10.5. The van der Waals surface area contributed by atoms with Crippen molar-refractivity contribution in [2.45, 2.75) is 32.6 Å². The molecule has 0 aliphatic carbocycles. The molecule has 0 saturated heterocycles. The van der Waals surface area contributed by atoms with Crippen LogP contribution in [0.3, 0.4) is 0 Å². The highest BCUT2D eigenvalue weighted by Crippen LogP contribution is 2.13. The zero-order valence-electron chi connectivity index (χ0n) is 16.4. The lowest BCUT2D eigenvalue weighted by Gasteiger charge is -2.02. The Kier molecular flexibility index (Phi) is 7.52. The van der Waals surface area contributed by atoms with Crippen LogP contribution in [0.4, 0.5) is 4.39 Å². The van der Waals surface area contributed by atoms with Crippen LogP contribution in [0.2, 0.25) is 5.02 Å². The quantitative estimate of drug-likeness (QED) is 0.326. The van der Waals surface area contributed by atoms with Gasteiger partial charge in [0.05, 0.1) is 5.56 Å². The maximum Gasteiger partial charge on any atom is 0.139 e. The average Bonchev–Trinajstić information content (AvgIpc) is 2.74. The van der Waals surface area contributed by atoms with Gasteiger partial charge in [0.2, 0.25) is 0 Å². The molecule has 3 aromatic carbocycles. The Hall–Kier alpha value is -3.00. The summed E-state index contributed by atoms with van der Waals surface area (Å²) in [5.41, 5.74) is 4.09. The molecule has 29 heavy (non-hydrogen) atoms. The molecular weight excluding hydrogens is 379 g/mol. The van der Waals surface area contributed by atoms with Crippen molar-refractivity contribution in [1.82, 2.24) is 0 Å². The normalized spacial score (nSPS) is 9.90. The predicted molar refractivity (Wildman–Crippen MR) is 119 cm³/mol. The van der Waals surface area contributed by atoms with Crippen LogP contribution in [0.5, 0.6) is 0 Å². The molecule has 0 bridgehead atoms. The summed E-state index contributed by atoms with van der Waals surface area (Å²) < 4.78 is 14.3. The van der Waals surface area contributed by atoms with Gasteiger partial charge in [0.15, 0.2) is 0 Å². The number of unbranched alkanes of at least 4 members (excludes halogenated alkanes) is 2. The Balaban J connectivity index is 1.66. The summed E-state index contributed by atoms with van der Waals surface area (Å²) in [4.78, 5) is 0. The van der Waals surface area contributed by atoms with Crippen LogP contribution in [-0.4, -0.2) is 0 Å². The van der Waals surface area contributed by atoms with Crippen molar-refractivity contribution in [3.05, 3.63) is 105 Å². The van der Waals surface area contributed by atoms with Crippen LogP contribution in [0, 0.1) is 29.5 Å². The summed E-state index contributed by atoms with van der Waals surface area (Å²) >= 11 is 5.88. The van der Waals surface area contributed by atoms with Gasteiger partial charge < -0.3 is 0 Å². The van der Waals surface area contributed by atoms with Crippen molar-refractivity contribution >= 4 is 11.6 Å². The summed E-state index contributed by atoms with van der Waals surface area (Å²) in [6, 6.07) is 20.4. The minimum absolute atomic E-state index is 0.253. The van der Waals surface area contributed by atoms with E-state index in [0.717, 1.165) is 41.5 Å². The second-order valence-corrected chi connectivity index (χ2v) is 7.29. The predicted octanol–water partition coefficient (Wildman–Crippen LogP) is 7.01. The van der Waals surface area contributed by atoms with Crippen molar-refractivity contribution in [1.29, 1.82) is 0 Å². The molecule has 0 saturated carbocycles. The number of benzene rings is 3. The first-order valence-electron chi connectivity index (χ1n) is 9.82. The molecule has 0 aliphatic heterocycles. The Labute approximate surface area is 177 Å². The van der Waals surface area contributed by atoms with Crippen LogP contribution < -0.4 is 0 Å². The molecule has 0 fully saturated rings. The topological polar surface area (TPSA) is 0 Å². The van der Waals surface area contributed by atoms with Crippen molar-refractivity contribution in [2.75, 3.05) is 0 Å². The lowest BCUT2D eigenvalue weighted by molar-refractivity contribution is 0.619. The minimum atomic E-state index is -0.253. The van der Waals surface area contributed by atoms with Gasteiger partial charge in [0, 0.05) is 21.7 Å². The summed E-state index contributed by atoms with van der Waals surface area (Å²) in [6.45, 7) is 2.16. The second-order valence-electron chi connectivity index (χ2n) is 6.86. The molecule has 3 rings (SSSR count). The van der Waals surface area contributed by atoms with Gasteiger partial charge in [0.1, 0.15) is 5.82 Å². The Morgan fingerprint density at radius 1 is 0.724 bits per heavy atom. The fourth-order valence-corrected chi connectivity index (χ4v) is 2.97. The number of rotatable bonds is 4. The first-order valence-corrected chi connectivity index (χ1v) is 10.2. The molecule has 0 aliphatic rings. The summed E-state index contributed by atoms with van der Waals surface area (Å²) in [5.74, 6) is 11.9. The van der Waals surface area contributed by atoms with Crippen LogP contribution in [0.15, 0.2) is 66.7 Å². The third-order valence-corrected chi connectivity index (χ3v) is 4.78. The van der Waals surface area contributed by atoms with E-state index in [1.165, 1.54) is 6.42 Å². The average molecular weight is 401 g/mol. The van der Waals surface area contributed by atoms with E-state index in [0.29, 0.717) is 10.6 Å². The van der Waals surface area contributed by atoms with Crippen molar-refractivity contribution in [2.24, 2.45) is 0 Å². The molecule has 0 unspecified atom stereocenters. The van der Waals surface area contributed by atoms with E-state index in [4.69, 9.17) is 11.6 Å². The summed E-state index contributed by atoms with van der Waals surface area (Å²) in [5, 5.41) is 0.695. The van der Waals surface area contributed by atoms with Crippen LogP contribution >= 0.6 is 11.6 Å². The van der Waals surface area contributed by atoms with Gasteiger partial charge in [-0.05, 0) is 79.1 Å². The summed E-state index contributed by atoms with van der Waals surface area (Å²) in [6.07, 6.45) is 4.34. The first kappa shape index (κ1) is 20.7. The third-order valence-electron chi connectivity index (χ3n) is 4.52. The SMILES string of the molecule is CCCCCc1ccc(C#Cc2ccc(C#Cc3ccc(Cl)cc3)cc2)c(F)c1. The van der Waals surface area contributed by atoms with Crippen LogP contribution in [0.1, 0.15) is 54.0 Å². The molecule has 0 spiro atoms. The van der Waals surface area contributed by atoms with Crippen molar-refractivity contribution in [3.8, 4) is 23.7 Å². The zero-order valence-corrected chi connectivity index (χ0v) is 17.2. The monoisotopic (exact) mass is 400 g/mol. The minimum Gasteiger partial charge on any atom is -0.206 e. The van der Waals surface area contributed by atoms with E-state index in [1.54, 1.807) is 12.1 Å². The fourth-order valence-electron chi connectivity index (χ4n) is 2.85. The molecule has 2 heteroatoms. The van der Waals surface area contributed by atoms with Crippen molar-refractivity contribution in [3.63, 3.8) is 0 Å². The van der Waals surface area contributed by atoms with Gasteiger partial charge in [-0.1, -0.05) is 61.1 Å². The number of halogens is 2. The smallest absolute Gasteiger partial charge is 0.139 e. The Morgan fingerprint density at radius 3 is 1.83 bits per heavy atom. The molecule has 0 atom stereocenters.